The van der Waals surface area contributed by atoms with E-state index >= 15 is 0 Å². The molecule has 0 aliphatic rings. The van der Waals surface area contributed by atoms with Crippen molar-refractivity contribution in [1.29, 1.82) is 0 Å². The zero-order valence-corrected chi connectivity index (χ0v) is 12.9. The van der Waals surface area contributed by atoms with Crippen LogP contribution >= 0.6 is 11.6 Å². The molecule has 2 N–H and O–H groups in total. The van der Waals surface area contributed by atoms with Crippen LogP contribution in [0.25, 0.3) is 0 Å². The van der Waals surface area contributed by atoms with Crippen molar-refractivity contribution in [1.82, 2.24) is 5.32 Å². The van der Waals surface area contributed by atoms with Gasteiger partial charge in [-0.25, -0.2) is 0 Å². The molecule has 1 aromatic rings. The summed E-state index contributed by atoms with van der Waals surface area (Å²) in [5.41, 5.74) is 0.472. The minimum absolute atomic E-state index is 0.139. The van der Waals surface area contributed by atoms with Crippen molar-refractivity contribution in [3.8, 4) is 0 Å². The summed E-state index contributed by atoms with van der Waals surface area (Å²) in [7, 11) is 0. The van der Waals surface area contributed by atoms with Crippen LogP contribution in [-0.4, -0.2) is 24.2 Å². The van der Waals surface area contributed by atoms with E-state index in [4.69, 9.17) is 11.6 Å². The molecule has 0 aromatic heterocycles. The maximum atomic E-state index is 12.0. The highest BCUT2D eigenvalue weighted by atomic mass is 35.5. The third-order valence-electron chi connectivity index (χ3n) is 2.87. The van der Waals surface area contributed by atoms with Crippen molar-refractivity contribution in [3.63, 3.8) is 0 Å². The first-order chi connectivity index (χ1) is 9.40. The number of halogens is 1. The lowest BCUT2D eigenvalue weighted by atomic mass is 9.95. The van der Waals surface area contributed by atoms with Crippen LogP contribution in [0, 0.1) is 5.41 Å². The van der Waals surface area contributed by atoms with Gasteiger partial charge in [-0.05, 0) is 38.5 Å². The highest BCUT2D eigenvalue weighted by Gasteiger charge is 2.26. The van der Waals surface area contributed by atoms with Crippen LogP contribution < -0.4 is 10.6 Å². The molecule has 0 fully saturated rings. The molecule has 4 nitrogen and oxygen atoms in total. The summed E-state index contributed by atoms with van der Waals surface area (Å²) in [6, 6.07) is 6.86. The van der Waals surface area contributed by atoms with Gasteiger partial charge in [0, 0.05) is 23.7 Å². The molecular weight excluding hydrogens is 276 g/mol. The largest absolute Gasteiger partial charge is 0.352 e. The van der Waals surface area contributed by atoms with Gasteiger partial charge in [-0.1, -0.05) is 13.0 Å². The molecule has 0 heterocycles. The van der Waals surface area contributed by atoms with Gasteiger partial charge in [-0.2, -0.15) is 0 Å². The van der Waals surface area contributed by atoms with Crippen LogP contribution in [0.3, 0.4) is 0 Å². The topological polar surface area (TPSA) is 58.2 Å². The molecule has 0 spiro atoms. The van der Waals surface area contributed by atoms with Gasteiger partial charge in [0.1, 0.15) is 0 Å². The van der Waals surface area contributed by atoms with Crippen molar-refractivity contribution in [2.24, 2.45) is 5.41 Å². The van der Waals surface area contributed by atoms with Crippen LogP contribution in [0.2, 0.25) is 0 Å². The SMILES string of the molecule is CCCNC(=O)c1cccc(NC(=O)C(C)(C)CCl)c1. The molecule has 0 saturated carbocycles. The van der Waals surface area contributed by atoms with E-state index in [1.54, 1.807) is 38.1 Å². The molecule has 1 aromatic carbocycles. The predicted molar refractivity (Wildman–Crippen MR) is 82.2 cm³/mol. The first-order valence-corrected chi connectivity index (χ1v) is 7.20. The minimum Gasteiger partial charge on any atom is -0.352 e. The van der Waals surface area contributed by atoms with Crippen LogP contribution in [0.5, 0.6) is 0 Å². The fourth-order valence-corrected chi connectivity index (χ4v) is 1.56. The Balaban J connectivity index is 2.78. The van der Waals surface area contributed by atoms with E-state index in [2.05, 4.69) is 10.6 Å². The lowest BCUT2D eigenvalue weighted by Crippen LogP contribution is -2.32. The zero-order chi connectivity index (χ0) is 15.2. The summed E-state index contributed by atoms with van der Waals surface area (Å²) in [6.45, 7) is 6.17. The second-order valence-electron chi connectivity index (χ2n) is 5.31. The number of rotatable bonds is 6. The zero-order valence-electron chi connectivity index (χ0n) is 12.1. The summed E-state index contributed by atoms with van der Waals surface area (Å²) < 4.78 is 0. The second kappa shape index (κ2) is 7.29. The van der Waals surface area contributed by atoms with Crippen molar-refractivity contribution >= 4 is 29.1 Å². The second-order valence-corrected chi connectivity index (χ2v) is 5.58. The number of amides is 2. The Morgan fingerprint density at radius 2 is 2.00 bits per heavy atom. The van der Waals surface area contributed by atoms with E-state index in [0.29, 0.717) is 17.8 Å². The first-order valence-electron chi connectivity index (χ1n) is 6.66. The molecule has 110 valence electrons. The molecule has 0 aliphatic heterocycles. The van der Waals surface area contributed by atoms with Gasteiger partial charge in [0.15, 0.2) is 0 Å². The quantitative estimate of drug-likeness (QED) is 0.793. The molecule has 0 bridgehead atoms. The van der Waals surface area contributed by atoms with Crippen LogP contribution in [0.15, 0.2) is 24.3 Å². The highest BCUT2D eigenvalue weighted by molar-refractivity contribution is 6.20. The molecule has 2 amide bonds. The number of hydrogen-bond donors (Lipinski definition) is 2. The van der Waals surface area contributed by atoms with Gasteiger partial charge in [-0.15, -0.1) is 11.6 Å². The van der Waals surface area contributed by atoms with E-state index in [-0.39, 0.29) is 17.7 Å². The molecule has 20 heavy (non-hydrogen) atoms. The number of nitrogens with one attached hydrogen (secondary N) is 2. The first kappa shape index (κ1) is 16.5. The molecule has 0 atom stereocenters. The molecular formula is C15H21ClN2O2. The molecule has 5 heteroatoms. The number of hydrogen-bond acceptors (Lipinski definition) is 2. The molecule has 0 radical (unpaired) electrons. The number of alkyl halides is 1. The summed E-state index contributed by atoms with van der Waals surface area (Å²) >= 11 is 5.77. The van der Waals surface area contributed by atoms with Gasteiger partial charge >= 0.3 is 0 Å². The smallest absolute Gasteiger partial charge is 0.251 e. The van der Waals surface area contributed by atoms with E-state index in [1.807, 2.05) is 6.92 Å². The van der Waals surface area contributed by atoms with Crippen molar-refractivity contribution in [3.05, 3.63) is 29.8 Å². The molecule has 0 saturated heterocycles. The Bertz CT molecular complexity index is 487. The number of benzene rings is 1. The van der Waals surface area contributed by atoms with Gasteiger partial charge < -0.3 is 10.6 Å². The lowest BCUT2D eigenvalue weighted by molar-refractivity contribution is -0.122. The standard InChI is InChI=1S/C15H21ClN2O2/c1-4-8-17-13(19)11-6-5-7-12(9-11)18-14(20)15(2,3)10-16/h5-7,9H,4,8,10H2,1-3H3,(H,17,19)(H,18,20). The number of carbonyl (C=O) groups excluding carboxylic acids is 2. The van der Waals surface area contributed by atoms with Crippen LogP contribution in [0.4, 0.5) is 5.69 Å². The average molecular weight is 297 g/mol. The van der Waals surface area contributed by atoms with Gasteiger partial charge in [0.05, 0.1) is 5.41 Å². The minimum atomic E-state index is -0.651. The third kappa shape index (κ3) is 4.53. The third-order valence-corrected chi connectivity index (χ3v) is 3.54. The highest BCUT2D eigenvalue weighted by Crippen LogP contribution is 2.20. The molecule has 0 unspecified atom stereocenters. The predicted octanol–water partition coefficient (Wildman–Crippen LogP) is 3.03. The Morgan fingerprint density at radius 3 is 2.60 bits per heavy atom. The van der Waals surface area contributed by atoms with Crippen molar-refractivity contribution in [2.45, 2.75) is 27.2 Å². The Kier molecular flexibility index (Phi) is 6.02. The van der Waals surface area contributed by atoms with Gasteiger partial charge in [0.25, 0.3) is 5.91 Å². The molecule has 1 rings (SSSR count). The van der Waals surface area contributed by atoms with Crippen molar-refractivity contribution in [2.75, 3.05) is 17.7 Å². The summed E-state index contributed by atoms with van der Waals surface area (Å²) in [5.74, 6) is -0.0756. The summed E-state index contributed by atoms with van der Waals surface area (Å²) in [4.78, 5) is 23.9. The summed E-state index contributed by atoms with van der Waals surface area (Å²) in [5, 5.41) is 5.58. The van der Waals surface area contributed by atoms with Gasteiger partial charge in [0.2, 0.25) is 5.91 Å². The van der Waals surface area contributed by atoms with Crippen molar-refractivity contribution < 1.29 is 9.59 Å². The van der Waals surface area contributed by atoms with E-state index in [0.717, 1.165) is 6.42 Å². The Hall–Kier alpha value is -1.55. The maximum absolute atomic E-state index is 12.0. The fourth-order valence-electron chi connectivity index (χ4n) is 1.44. The van der Waals surface area contributed by atoms with Gasteiger partial charge in [-0.3, -0.25) is 9.59 Å². The van der Waals surface area contributed by atoms with Crippen LogP contribution in [0.1, 0.15) is 37.6 Å². The van der Waals surface area contributed by atoms with E-state index < -0.39 is 5.41 Å². The number of carbonyl (C=O) groups is 2. The van der Waals surface area contributed by atoms with Crippen LogP contribution in [-0.2, 0) is 4.79 Å². The maximum Gasteiger partial charge on any atom is 0.251 e. The normalized spacial score (nSPS) is 11.0. The Morgan fingerprint density at radius 1 is 1.30 bits per heavy atom. The van der Waals surface area contributed by atoms with E-state index in [9.17, 15) is 9.59 Å². The average Bonchev–Trinajstić information content (AvgIpc) is 2.44. The fraction of sp³-hybridized carbons (Fsp3) is 0.467. The Labute approximate surface area is 124 Å². The monoisotopic (exact) mass is 296 g/mol. The number of anilines is 1. The lowest BCUT2D eigenvalue weighted by Gasteiger charge is -2.20. The van der Waals surface area contributed by atoms with E-state index in [1.165, 1.54) is 0 Å². The molecule has 0 aliphatic carbocycles. The summed E-state index contributed by atoms with van der Waals surface area (Å²) in [6.07, 6.45) is 0.881.